The Morgan fingerprint density at radius 1 is 1.33 bits per heavy atom. The third-order valence-electron chi connectivity index (χ3n) is 3.28. The first-order valence-electron chi connectivity index (χ1n) is 7.93. The fourth-order valence-electron chi connectivity index (χ4n) is 2.00. The van der Waals surface area contributed by atoms with Gasteiger partial charge in [-0.15, -0.1) is 11.3 Å². The molecule has 0 aliphatic heterocycles. The highest BCUT2D eigenvalue weighted by molar-refractivity contribution is 7.13. The summed E-state index contributed by atoms with van der Waals surface area (Å²) in [5.74, 6) is 1.27. The number of methoxy groups -OCH3 is 1. The average molecular weight is 348 g/mol. The van der Waals surface area contributed by atoms with E-state index in [4.69, 9.17) is 15.2 Å². The van der Waals surface area contributed by atoms with Gasteiger partial charge in [-0.1, -0.05) is 0 Å². The lowest BCUT2D eigenvalue weighted by Crippen LogP contribution is -2.32. The maximum atomic E-state index is 5.85. The second kappa shape index (κ2) is 9.89. The van der Waals surface area contributed by atoms with Gasteiger partial charge in [0.25, 0.3) is 0 Å². The van der Waals surface area contributed by atoms with Crippen molar-refractivity contribution < 1.29 is 9.47 Å². The number of aromatic nitrogens is 1. The number of thiazole rings is 1. The highest BCUT2D eigenvalue weighted by atomic mass is 32.1. The van der Waals surface area contributed by atoms with Gasteiger partial charge < -0.3 is 20.5 Å². The summed E-state index contributed by atoms with van der Waals surface area (Å²) < 4.78 is 10.4. The molecule has 0 aliphatic carbocycles. The van der Waals surface area contributed by atoms with Gasteiger partial charge in [0, 0.05) is 30.7 Å². The van der Waals surface area contributed by atoms with E-state index in [1.807, 2.05) is 36.6 Å². The van der Waals surface area contributed by atoms with Gasteiger partial charge in [0.1, 0.15) is 10.8 Å². The monoisotopic (exact) mass is 348 g/mol. The van der Waals surface area contributed by atoms with Crippen LogP contribution in [0.1, 0.15) is 19.0 Å². The van der Waals surface area contributed by atoms with Crippen molar-refractivity contribution in [1.82, 2.24) is 10.3 Å². The molecule has 0 spiro atoms. The number of nitrogens with one attached hydrogen (secondary N) is 1. The van der Waals surface area contributed by atoms with E-state index in [1.54, 1.807) is 18.4 Å². The normalized spacial score (nSPS) is 11.5. The fourth-order valence-corrected chi connectivity index (χ4v) is 2.82. The van der Waals surface area contributed by atoms with Crippen molar-refractivity contribution in [2.45, 2.75) is 19.9 Å². The number of nitrogens with zero attached hydrogens (tertiary/aromatic N) is 2. The van der Waals surface area contributed by atoms with Crippen LogP contribution < -0.4 is 15.8 Å². The Kier molecular flexibility index (Phi) is 7.51. The first-order chi connectivity index (χ1) is 11.7. The molecule has 0 saturated heterocycles. The van der Waals surface area contributed by atoms with E-state index < -0.39 is 0 Å². The Labute approximate surface area is 146 Å². The molecule has 0 bridgehead atoms. The first kappa shape index (κ1) is 18.2. The summed E-state index contributed by atoms with van der Waals surface area (Å²) >= 11 is 1.60. The third-order valence-corrected chi connectivity index (χ3v) is 4.22. The van der Waals surface area contributed by atoms with Crippen molar-refractivity contribution in [3.63, 3.8) is 0 Å². The highest BCUT2D eigenvalue weighted by Crippen LogP contribution is 2.25. The lowest BCUT2D eigenvalue weighted by molar-refractivity contribution is 0.145. The molecule has 0 radical (unpaired) electrons. The van der Waals surface area contributed by atoms with Crippen LogP contribution in [0.4, 0.5) is 0 Å². The Bertz CT molecular complexity index is 640. The van der Waals surface area contributed by atoms with Crippen LogP contribution in [-0.4, -0.2) is 37.8 Å². The molecule has 0 saturated carbocycles. The van der Waals surface area contributed by atoms with Crippen LogP contribution in [0.25, 0.3) is 10.6 Å². The lowest BCUT2D eigenvalue weighted by atomic mass is 10.2. The number of benzene rings is 1. The number of guanidine groups is 1. The minimum Gasteiger partial charge on any atom is -0.497 e. The molecule has 0 atom stereocenters. The summed E-state index contributed by atoms with van der Waals surface area (Å²) in [5.41, 5.74) is 7.82. The van der Waals surface area contributed by atoms with Gasteiger partial charge in [-0.3, -0.25) is 0 Å². The van der Waals surface area contributed by atoms with Crippen LogP contribution in [0.2, 0.25) is 0 Å². The van der Waals surface area contributed by atoms with E-state index in [-0.39, 0.29) is 0 Å². The van der Waals surface area contributed by atoms with E-state index in [0.717, 1.165) is 48.2 Å². The molecule has 2 aromatic rings. The van der Waals surface area contributed by atoms with E-state index in [2.05, 4.69) is 15.3 Å². The molecule has 0 unspecified atom stereocenters. The predicted octanol–water partition coefficient (Wildman–Crippen LogP) is 2.65. The van der Waals surface area contributed by atoms with Crippen LogP contribution in [0.15, 0.2) is 34.6 Å². The van der Waals surface area contributed by atoms with Crippen LogP contribution >= 0.6 is 11.3 Å². The molecule has 3 N–H and O–H groups in total. The maximum Gasteiger partial charge on any atom is 0.188 e. The standard InChI is InChI=1S/C17H24N4O2S/c1-3-23-10-4-9-19-17(18)20-11-14-12-24-16(21-14)13-5-7-15(22-2)8-6-13/h5-8,12H,3-4,9-11H2,1-2H3,(H3,18,19,20). The molecule has 24 heavy (non-hydrogen) atoms. The van der Waals surface area contributed by atoms with Crippen molar-refractivity contribution >= 4 is 17.3 Å². The second-order valence-electron chi connectivity index (χ2n) is 5.05. The highest BCUT2D eigenvalue weighted by Gasteiger charge is 2.05. The number of nitrogens with two attached hydrogens (primary N) is 1. The van der Waals surface area contributed by atoms with Gasteiger partial charge in [0.05, 0.1) is 19.3 Å². The molecular formula is C17H24N4O2S. The van der Waals surface area contributed by atoms with E-state index in [0.29, 0.717) is 12.5 Å². The zero-order chi connectivity index (χ0) is 17.2. The second-order valence-corrected chi connectivity index (χ2v) is 5.91. The number of ether oxygens (including phenoxy) is 2. The SMILES string of the molecule is CCOCCCNC(N)=NCc1csc(-c2ccc(OC)cc2)n1. The Morgan fingerprint density at radius 3 is 2.83 bits per heavy atom. The van der Waals surface area contributed by atoms with Crippen LogP contribution in [0, 0.1) is 0 Å². The molecule has 1 aromatic carbocycles. The molecule has 1 heterocycles. The molecule has 0 aliphatic rings. The summed E-state index contributed by atoms with van der Waals surface area (Å²) in [7, 11) is 1.66. The lowest BCUT2D eigenvalue weighted by Gasteiger charge is -2.05. The van der Waals surface area contributed by atoms with Crippen LogP contribution in [0.3, 0.4) is 0 Å². The zero-order valence-corrected chi connectivity index (χ0v) is 14.9. The van der Waals surface area contributed by atoms with Crippen LogP contribution in [-0.2, 0) is 11.3 Å². The quantitative estimate of drug-likeness (QED) is 0.414. The smallest absolute Gasteiger partial charge is 0.188 e. The van der Waals surface area contributed by atoms with Crippen molar-refractivity contribution in [3.8, 4) is 16.3 Å². The molecule has 130 valence electrons. The van der Waals surface area contributed by atoms with Crippen molar-refractivity contribution in [1.29, 1.82) is 0 Å². The van der Waals surface area contributed by atoms with E-state index in [1.165, 1.54) is 0 Å². The number of rotatable bonds is 9. The predicted molar refractivity (Wildman–Crippen MR) is 98.5 cm³/mol. The van der Waals surface area contributed by atoms with Crippen molar-refractivity contribution in [2.24, 2.45) is 10.7 Å². The molecule has 1 aromatic heterocycles. The Hall–Kier alpha value is -2.12. The van der Waals surface area contributed by atoms with Crippen molar-refractivity contribution in [3.05, 3.63) is 35.3 Å². The molecule has 0 fully saturated rings. The summed E-state index contributed by atoms with van der Waals surface area (Å²) in [6, 6.07) is 7.86. The molecule has 6 nitrogen and oxygen atoms in total. The zero-order valence-electron chi connectivity index (χ0n) is 14.1. The largest absolute Gasteiger partial charge is 0.497 e. The van der Waals surface area contributed by atoms with Gasteiger partial charge in [-0.2, -0.15) is 0 Å². The van der Waals surface area contributed by atoms with Gasteiger partial charge in [0.15, 0.2) is 5.96 Å². The first-order valence-corrected chi connectivity index (χ1v) is 8.81. The Balaban J connectivity index is 1.83. The number of aliphatic imine (C=N–C) groups is 1. The van der Waals surface area contributed by atoms with Gasteiger partial charge >= 0.3 is 0 Å². The van der Waals surface area contributed by atoms with E-state index >= 15 is 0 Å². The van der Waals surface area contributed by atoms with Crippen molar-refractivity contribution in [2.75, 3.05) is 26.9 Å². The van der Waals surface area contributed by atoms with Gasteiger partial charge in [0.2, 0.25) is 0 Å². The summed E-state index contributed by atoms with van der Waals surface area (Å²) in [6.07, 6.45) is 0.905. The van der Waals surface area contributed by atoms with Gasteiger partial charge in [-0.25, -0.2) is 9.98 Å². The molecule has 0 amide bonds. The minimum atomic E-state index is 0.436. The van der Waals surface area contributed by atoms with Gasteiger partial charge in [-0.05, 0) is 37.6 Å². The topological polar surface area (TPSA) is 81.8 Å². The van der Waals surface area contributed by atoms with E-state index in [9.17, 15) is 0 Å². The number of hydrogen-bond donors (Lipinski definition) is 2. The summed E-state index contributed by atoms with van der Waals surface area (Å²) in [6.45, 7) is 4.68. The summed E-state index contributed by atoms with van der Waals surface area (Å²) in [4.78, 5) is 8.91. The molecule has 7 heteroatoms. The fraction of sp³-hybridized carbons (Fsp3) is 0.412. The maximum absolute atomic E-state index is 5.85. The number of hydrogen-bond acceptors (Lipinski definition) is 5. The molecule has 2 rings (SSSR count). The minimum absolute atomic E-state index is 0.436. The van der Waals surface area contributed by atoms with Crippen LogP contribution in [0.5, 0.6) is 5.75 Å². The summed E-state index contributed by atoms with van der Waals surface area (Å²) in [5, 5.41) is 6.04. The Morgan fingerprint density at radius 2 is 2.12 bits per heavy atom. The average Bonchev–Trinajstić information content (AvgIpc) is 3.09. The third kappa shape index (κ3) is 5.82. The molecular weight excluding hydrogens is 324 g/mol.